The molecule has 1 N–H and O–H groups in total. The summed E-state index contributed by atoms with van der Waals surface area (Å²) >= 11 is 0. The van der Waals surface area contributed by atoms with Crippen LogP contribution in [0.25, 0.3) is 27.7 Å². The first-order valence-electron chi connectivity index (χ1n) is 12.0. The Hall–Kier alpha value is -3.42. The maximum absolute atomic E-state index is 14.0. The number of alkyl halides is 3. The molecule has 0 radical (unpaired) electrons. The molecule has 0 spiro atoms. The van der Waals surface area contributed by atoms with Crippen molar-refractivity contribution in [3.63, 3.8) is 0 Å². The molecule has 2 aromatic carbocycles. The minimum absolute atomic E-state index is 0.0487. The molecular weight excluding hydrogens is 453 g/mol. The van der Waals surface area contributed by atoms with E-state index in [1.165, 1.54) is 25.5 Å². The molecule has 6 rings (SSSR count). The Morgan fingerprint density at radius 2 is 1.91 bits per heavy atom. The summed E-state index contributed by atoms with van der Waals surface area (Å²) in [5.41, 5.74) is -0.296. The lowest BCUT2D eigenvalue weighted by Crippen LogP contribution is -2.40. The molecule has 4 atom stereocenters. The van der Waals surface area contributed by atoms with Crippen molar-refractivity contribution in [2.75, 3.05) is 0 Å². The number of nitrogens with one attached hydrogen (secondary N) is 1. The van der Waals surface area contributed by atoms with Crippen LogP contribution in [0.4, 0.5) is 13.2 Å². The van der Waals surface area contributed by atoms with Crippen molar-refractivity contribution < 1.29 is 18.0 Å². The van der Waals surface area contributed by atoms with E-state index in [-0.39, 0.29) is 22.9 Å². The highest BCUT2D eigenvalue weighted by molar-refractivity contribution is 6.01. The number of carbonyl (C=O) groups excluding carboxylic acids is 1. The van der Waals surface area contributed by atoms with Crippen LogP contribution in [0.2, 0.25) is 0 Å². The Kier molecular flexibility index (Phi) is 5.09. The summed E-state index contributed by atoms with van der Waals surface area (Å²) in [6, 6.07) is 13.8. The lowest BCUT2D eigenvalue weighted by atomic mass is 9.84. The van der Waals surface area contributed by atoms with E-state index in [1.54, 1.807) is 12.1 Å². The minimum atomic E-state index is -4.67. The SMILES string of the molecule is CC(NC(=O)c1cnn2c(C(F)(F)F)cc(-c3cccc4ccccc34)nc12)C1CC2CCC1C2. The lowest BCUT2D eigenvalue weighted by Gasteiger charge is -2.28. The fourth-order valence-electron chi connectivity index (χ4n) is 6.21. The molecular formula is C27H25F3N4O. The largest absolute Gasteiger partial charge is 0.433 e. The summed E-state index contributed by atoms with van der Waals surface area (Å²) in [4.78, 5) is 17.8. The van der Waals surface area contributed by atoms with Gasteiger partial charge in [-0.15, -0.1) is 0 Å². The Labute approximate surface area is 200 Å². The van der Waals surface area contributed by atoms with Crippen LogP contribution in [0.5, 0.6) is 0 Å². The minimum Gasteiger partial charge on any atom is -0.349 e. The van der Waals surface area contributed by atoms with Gasteiger partial charge in [-0.1, -0.05) is 48.9 Å². The zero-order chi connectivity index (χ0) is 24.3. The fraction of sp³-hybridized carbons (Fsp3) is 0.370. The van der Waals surface area contributed by atoms with Crippen molar-refractivity contribution in [1.29, 1.82) is 0 Å². The molecule has 0 saturated heterocycles. The summed E-state index contributed by atoms with van der Waals surface area (Å²) < 4.78 is 42.9. The highest BCUT2D eigenvalue weighted by Crippen LogP contribution is 2.49. The molecule has 8 heteroatoms. The topological polar surface area (TPSA) is 59.3 Å². The number of rotatable bonds is 4. The van der Waals surface area contributed by atoms with E-state index in [0.717, 1.165) is 33.7 Å². The molecule has 2 heterocycles. The van der Waals surface area contributed by atoms with Crippen LogP contribution in [0, 0.1) is 17.8 Å². The highest BCUT2D eigenvalue weighted by Gasteiger charge is 2.42. The van der Waals surface area contributed by atoms with E-state index >= 15 is 0 Å². The molecule has 2 saturated carbocycles. The number of fused-ring (bicyclic) bond motifs is 4. The summed E-state index contributed by atoms with van der Waals surface area (Å²) in [5.74, 6) is 1.32. The molecule has 35 heavy (non-hydrogen) atoms. The first kappa shape index (κ1) is 22.1. The van der Waals surface area contributed by atoms with Crippen LogP contribution in [-0.2, 0) is 6.18 Å². The van der Waals surface area contributed by atoms with Gasteiger partial charge in [0.05, 0.1) is 11.9 Å². The molecule has 2 aliphatic rings. The number of hydrogen-bond donors (Lipinski definition) is 1. The van der Waals surface area contributed by atoms with Crippen LogP contribution >= 0.6 is 0 Å². The molecule has 0 aliphatic heterocycles. The van der Waals surface area contributed by atoms with Crippen LogP contribution < -0.4 is 5.32 Å². The molecule has 180 valence electrons. The quantitative estimate of drug-likeness (QED) is 0.384. The summed E-state index contributed by atoms with van der Waals surface area (Å²) in [5, 5.41) is 8.64. The predicted octanol–water partition coefficient (Wildman–Crippen LogP) is 6.12. The van der Waals surface area contributed by atoms with Crippen LogP contribution in [0.1, 0.15) is 48.7 Å². The zero-order valence-corrected chi connectivity index (χ0v) is 19.2. The molecule has 1 amide bonds. The first-order chi connectivity index (χ1) is 16.8. The Morgan fingerprint density at radius 3 is 2.66 bits per heavy atom. The van der Waals surface area contributed by atoms with Crippen molar-refractivity contribution in [2.45, 2.75) is 44.8 Å². The van der Waals surface area contributed by atoms with Gasteiger partial charge in [-0.2, -0.15) is 18.3 Å². The highest BCUT2D eigenvalue weighted by atomic mass is 19.4. The second-order valence-corrected chi connectivity index (χ2v) is 9.95. The van der Waals surface area contributed by atoms with Crippen molar-refractivity contribution in [2.24, 2.45) is 17.8 Å². The normalized spacial score (nSPS) is 22.7. The van der Waals surface area contributed by atoms with E-state index in [0.29, 0.717) is 17.4 Å². The Balaban J connectivity index is 1.42. The maximum Gasteiger partial charge on any atom is 0.433 e. The van der Waals surface area contributed by atoms with Crippen molar-refractivity contribution in [3.8, 4) is 11.3 Å². The fourth-order valence-corrected chi connectivity index (χ4v) is 6.21. The average Bonchev–Trinajstić information content (AvgIpc) is 3.58. The van der Waals surface area contributed by atoms with E-state index in [9.17, 15) is 18.0 Å². The Morgan fingerprint density at radius 1 is 1.11 bits per heavy atom. The van der Waals surface area contributed by atoms with Crippen LogP contribution in [0.3, 0.4) is 0 Å². The van der Waals surface area contributed by atoms with Gasteiger partial charge in [-0.25, -0.2) is 9.50 Å². The van der Waals surface area contributed by atoms with Gasteiger partial charge >= 0.3 is 6.18 Å². The summed E-state index contributed by atoms with van der Waals surface area (Å²) in [6.07, 6.45) is 1.28. The van der Waals surface area contributed by atoms with Crippen molar-refractivity contribution in [1.82, 2.24) is 19.9 Å². The number of benzene rings is 2. The summed E-state index contributed by atoms with van der Waals surface area (Å²) in [7, 11) is 0. The number of aromatic nitrogens is 3. The van der Waals surface area contributed by atoms with Crippen LogP contribution in [0.15, 0.2) is 54.7 Å². The molecule has 4 unspecified atom stereocenters. The summed E-state index contributed by atoms with van der Waals surface area (Å²) in [6.45, 7) is 1.99. The maximum atomic E-state index is 14.0. The molecule has 2 bridgehead atoms. The van der Waals surface area contributed by atoms with Gasteiger partial charge in [-0.3, -0.25) is 4.79 Å². The first-order valence-corrected chi connectivity index (χ1v) is 12.0. The molecule has 2 fully saturated rings. The second kappa shape index (κ2) is 8.07. The molecule has 5 nitrogen and oxygen atoms in total. The molecule has 2 aromatic heterocycles. The van der Waals surface area contributed by atoms with Gasteiger partial charge in [0, 0.05) is 11.6 Å². The predicted molar refractivity (Wildman–Crippen MR) is 127 cm³/mol. The van der Waals surface area contributed by atoms with Gasteiger partial charge in [-0.05, 0) is 60.8 Å². The van der Waals surface area contributed by atoms with Crippen molar-refractivity contribution in [3.05, 3.63) is 66.0 Å². The third-order valence-electron chi connectivity index (χ3n) is 7.87. The lowest BCUT2D eigenvalue weighted by molar-refractivity contribution is -0.142. The smallest absolute Gasteiger partial charge is 0.349 e. The van der Waals surface area contributed by atoms with Gasteiger partial charge in [0.15, 0.2) is 11.3 Å². The van der Waals surface area contributed by atoms with Gasteiger partial charge in [0.2, 0.25) is 0 Å². The third kappa shape index (κ3) is 3.75. The van der Waals surface area contributed by atoms with Crippen LogP contribution in [-0.4, -0.2) is 26.5 Å². The number of carbonyl (C=O) groups is 1. The van der Waals surface area contributed by atoms with Gasteiger partial charge in [0.25, 0.3) is 5.91 Å². The van der Waals surface area contributed by atoms with E-state index in [4.69, 9.17) is 0 Å². The van der Waals surface area contributed by atoms with E-state index in [2.05, 4.69) is 15.4 Å². The number of nitrogens with zero attached hydrogens (tertiary/aromatic N) is 3. The standard InChI is InChI=1S/C27H25F3N4O/c1-15(21-12-16-9-10-18(21)11-16)32-26(35)22-14-31-34-24(27(28,29)30)13-23(33-25(22)34)20-8-4-6-17-5-2-3-7-19(17)20/h2-8,13-16,18,21H,9-12H2,1H3,(H,32,35). The molecule has 4 aromatic rings. The number of halogens is 3. The van der Waals surface area contributed by atoms with E-state index < -0.39 is 17.8 Å². The number of hydrogen-bond acceptors (Lipinski definition) is 3. The molecule has 2 aliphatic carbocycles. The van der Waals surface area contributed by atoms with Gasteiger partial charge in [0.1, 0.15) is 5.56 Å². The Bertz CT molecular complexity index is 1440. The van der Waals surface area contributed by atoms with Gasteiger partial charge < -0.3 is 5.32 Å². The van der Waals surface area contributed by atoms with Crippen molar-refractivity contribution >= 4 is 22.3 Å². The number of amides is 1. The second-order valence-electron chi connectivity index (χ2n) is 9.95. The van der Waals surface area contributed by atoms with E-state index in [1.807, 2.05) is 37.3 Å². The third-order valence-corrected chi connectivity index (χ3v) is 7.87. The zero-order valence-electron chi connectivity index (χ0n) is 19.2. The monoisotopic (exact) mass is 478 g/mol. The average molecular weight is 479 g/mol.